The Bertz CT molecular complexity index is 1450. The molecule has 4 rings (SSSR count). The minimum atomic E-state index is -0.745. The van der Waals surface area contributed by atoms with Crippen molar-refractivity contribution in [3.05, 3.63) is 53.3 Å². The van der Waals surface area contributed by atoms with E-state index in [0.717, 1.165) is 64.1 Å². The van der Waals surface area contributed by atoms with Crippen LogP contribution in [0.5, 0.6) is 11.5 Å². The Labute approximate surface area is 308 Å². The van der Waals surface area contributed by atoms with Gasteiger partial charge in [0, 0.05) is 57.3 Å². The van der Waals surface area contributed by atoms with E-state index < -0.39 is 5.97 Å². The predicted molar refractivity (Wildman–Crippen MR) is 203 cm³/mol. The molecule has 290 valence electrons. The van der Waals surface area contributed by atoms with Crippen LogP contribution in [0.2, 0.25) is 0 Å². The maximum Gasteiger partial charge on any atom is 0.303 e. The number of carbonyl (C=O) groups is 4. The van der Waals surface area contributed by atoms with E-state index in [2.05, 4.69) is 57.9 Å². The molecule has 0 unspecified atom stereocenters. The van der Waals surface area contributed by atoms with Crippen LogP contribution >= 0.6 is 0 Å². The molecule has 14 heteroatoms. The molecule has 0 saturated carbocycles. The Morgan fingerprint density at radius 3 is 1.92 bits per heavy atom. The highest BCUT2D eigenvalue weighted by molar-refractivity contribution is 5.76. The number of phenols is 2. The first-order chi connectivity index (χ1) is 24.7. The van der Waals surface area contributed by atoms with E-state index in [9.17, 15) is 24.6 Å². The van der Waals surface area contributed by atoms with E-state index in [1.54, 1.807) is 17.6 Å². The number of methoxy groups -OCH3 is 1. The molecule has 2 aromatic carbocycles. The number of carboxylic acids is 1. The fourth-order valence-corrected chi connectivity index (χ4v) is 4.45. The maximum absolute atomic E-state index is 11.7. The molecule has 14 nitrogen and oxygen atoms in total. The van der Waals surface area contributed by atoms with Gasteiger partial charge < -0.3 is 35.1 Å². The topological polar surface area (TPSA) is 187 Å². The Kier molecular flexibility index (Phi) is 24.6. The van der Waals surface area contributed by atoms with Gasteiger partial charge in [-0.15, -0.1) is 10.2 Å². The average molecular weight is 729 g/mol. The normalized spacial score (nSPS) is 12.4. The highest BCUT2D eigenvalue weighted by Crippen LogP contribution is 2.38. The van der Waals surface area contributed by atoms with E-state index in [1.165, 1.54) is 18.7 Å². The predicted octanol–water partition coefficient (Wildman–Crippen LogP) is 5.15. The zero-order valence-corrected chi connectivity index (χ0v) is 32.3. The van der Waals surface area contributed by atoms with Crippen LogP contribution in [0, 0.1) is 5.92 Å². The van der Waals surface area contributed by atoms with E-state index >= 15 is 0 Å². The minimum absolute atomic E-state index is 0.0242. The van der Waals surface area contributed by atoms with Gasteiger partial charge in [0.15, 0.2) is 12.1 Å². The highest BCUT2D eigenvalue weighted by Gasteiger charge is 2.21. The van der Waals surface area contributed by atoms with Gasteiger partial charge in [0.1, 0.15) is 17.8 Å². The number of nitrogens with zero attached hydrogens (tertiary/aromatic N) is 5. The highest BCUT2D eigenvalue weighted by atomic mass is 16.5. The summed E-state index contributed by atoms with van der Waals surface area (Å²) >= 11 is 0. The second kappa shape index (κ2) is 27.1. The van der Waals surface area contributed by atoms with Crippen LogP contribution in [0.15, 0.2) is 36.4 Å². The summed E-state index contributed by atoms with van der Waals surface area (Å²) in [5.41, 5.74) is 3.01. The zero-order chi connectivity index (χ0) is 39.6. The molecule has 4 N–H and O–H groups in total. The lowest BCUT2D eigenvalue weighted by atomic mass is 9.98. The summed E-state index contributed by atoms with van der Waals surface area (Å²) in [5.74, 6) is 0.366. The third kappa shape index (κ3) is 18.0. The number of rotatable bonds is 12. The number of likely N-dealkylation sites (N-methyl/N-ethyl adjacent to an activating group) is 1. The number of aliphatic carboxylic acids is 1. The van der Waals surface area contributed by atoms with Crippen LogP contribution in [-0.2, 0) is 25.7 Å². The summed E-state index contributed by atoms with van der Waals surface area (Å²) in [5, 5.41) is 39.5. The van der Waals surface area contributed by atoms with E-state index in [-0.39, 0.29) is 29.7 Å². The first-order valence-corrected chi connectivity index (χ1v) is 17.5. The monoisotopic (exact) mass is 728 g/mol. The van der Waals surface area contributed by atoms with Crippen LogP contribution in [0.1, 0.15) is 88.5 Å². The van der Waals surface area contributed by atoms with Gasteiger partial charge in [-0.2, -0.15) is 0 Å². The Morgan fingerprint density at radius 1 is 0.962 bits per heavy atom. The molecule has 0 bridgehead atoms. The van der Waals surface area contributed by atoms with Crippen molar-refractivity contribution >= 4 is 25.0 Å². The zero-order valence-electron chi connectivity index (χ0n) is 32.3. The molecule has 3 aromatic rings. The number of ether oxygens (including phenoxy) is 1. The summed E-state index contributed by atoms with van der Waals surface area (Å²) in [6, 6.07) is 11.0. The number of hydrogen-bond acceptors (Lipinski definition) is 12. The SMILES string of the molecule is CC(C)CCC=O.CC(C)c1cc(-c2nnc(C=O)n2-c2ccc(CN3CCN(C)CC3)cc2)c(O)cc1O.CCC(=O)O.CCNC.COC=O. The van der Waals surface area contributed by atoms with Crippen molar-refractivity contribution in [1.82, 2.24) is 29.9 Å². The van der Waals surface area contributed by atoms with Crippen molar-refractivity contribution in [2.75, 3.05) is 53.9 Å². The maximum atomic E-state index is 11.7. The number of aromatic nitrogens is 3. The number of phenolic OH excluding ortho intramolecular Hbond substituents is 2. The number of aromatic hydroxyl groups is 2. The lowest BCUT2D eigenvalue weighted by Crippen LogP contribution is -2.43. The molecular formula is C38H60N6O8. The van der Waals surface area contributed by atoms with Crippen molar-refractivity contribution in [3.63, 3.8) is 0 Å². The second-order valence-corrected chi connectivity index (χ2v) is 12.6. The van der Waals surface area contributed by atoms with Gasteiger partial charge in [0.2, 0.25) is 5.82 Å². The number of aldehydes is 2. The third-order valence-electron chi connectivity index (χ3n) is 7.61. The Balaban J connectivity index is 0.00000107. The number of piperazine rings is 1. The molecule has 1 saturated heterocycles. The number of nitrogens with one attached hydrogen (secondary N) is 1. The van der Waals surface area contributed by atoms with Gasteiger partial charge in [-0.05, 0) is 68.2 Å². The summed E-state index contributed by atoms with van der Waals surface area (Å²) in [6.07, 6.45) is 3.59. The van der Waals surface area contributed by atoms with Gasteiger partial charge in [-0.1, -0.05) is 53.7 Å². The lowest BCUT2D eigenvalue weighted by molar-refractivity contribution is -0.136. The van der Waals surface area contributed by atoms with Gasteiger partial charge >= 0.3 is 5.97 Å². The molecule has 1 aromatic heterocycles. The molecule has 52 heavy (non-hydrogen) atoms. The van der Waals surface area contributed by atoms with Gasteiger partial charge in [0.25, 0.3) is 6.47 Å². The molecule has 0 atom stereocenters. The molecule has 0 spiro atoms. The molecule has 0 radical (unpaired) electrons. The van der Waals surface area contributed by atoms with Gasteiger partial charge in [-0.25, -0.2) is 0 Å². The standard InChI is InChI=1S/C24H29N5O3.C6H12O.C3H9N.C3H6O2.C2H4O2/c1-16(2)19-12-20(22(32)13-21(19)31)24-26-25-23(15-30)29(24)18-6-4-17(5-7-18)14-28-10-8-27(3)9-11-28;1-6(2)4-3-5-7;1-3-4-2;1-2-3(4)5;1-4-2-3/h4-7,12-13,15-16,31-32H,8-11,14H2,1-3H3;5-6H,3-4H2,1-2H3;4H,3H2,1-2H3;2H2,1H3,(H,4,5);2H,1H3. The quantitative estimate of drug-likeness (QED) is 0.180. The van der Waals surface area contributed by atoms with Crippen LogP contribution in [0.3, 0.4) is 0 Å². The molecule has 1 fully saturated rings. The average Bonchev–Trinajstić information content (AvgIpc) is 3.56. The van der Waals surface area contributed by atoms with Crippen molar-refractivity contribution in [1.29, 1.82) is 0 Å². The van der Waals surface area contributed by atoms with Crippen molar-refractivity contribution in [2.24, 2.45) is 5.92 Å². The van der Waals surface area contributed by atoms with Crippen LogP contribution < -0.4 is 5.32 Å². The Hall–Kier alpha value is -4.66. The fourth-order valence-electron chi connectivity index (χ4n) is 4.45. The summed E-state index contributed by atoms with van der Waals surface area (Å²) in [6.45, 7) is 18.4. The van der Waals surface area contributed by atoms with Crippen molar-refractivity contribution < 1.29 is 39.2 Å². The molecule has 1 aliphatic heterocycles. The summed E-state index contributed by atoms with van der Waals surface area (Å²) in [7, 11) is 5.39. The van der Waals surface area contributed by atoms with Crippen molar-refractivity contribution in [3.8, 4) is 28.6 Å². The van der Waals surface area contributed by atoms with Gasteiger partial charge in [0.05, 0.1) is 12.7 Å². The largest absolute Gasteiger partial charge is 0.508 e. The third-order valence-corrected chi connectivity index (χ3v) is 7.61. The Morgan fingerprint density at radius 2 is 1.52 bits per heavy atom. The molecular weight excluding hydrogens is 668 g/mol. The second-order valence-electron chi connectivity index (χ2n) is 12.6. The summed E-state index contributed by atoms with van der Waals surface area (Å²) in [4.78, 5) is 44.5. The number of benzene rings is 2. The summed E-state index contributed by atoms with van der Waals surface area (Å²) < 4.78 is 5.49. The molecule has 0 amide bonds. The number of hydrogen-bond donors (Lipinski definition) is 4. The fraction of sp³-hybridized carbons (Fsp3) is 0.526. The number of carboxylic acid groups (broad SMARTS) is 1. The van der Waals surface area contributed by atoms with E-state index in [1.807, 2.05) is 45.2 Å². The van der Waals surface area contributed by atoms with E-state index in [4.69, 9.17) is 9.90 Å². The van der Waals surface area contributed by atoms with Crippen LogP contribution in [-0.4, -0.2) is 119 Å². The first-order valence-electron chi connectivity index (χ1n) is 17.5. The lowest BCUT2D eigenvalue weighted by Gasteiger charge is -2.32. The molecule has 1 aliphatic rings. The smallest absolute Gasteiger partial charge is 0.303 e. The first kappa shape index (κ1) is 47.3. The van der Waals surface area contributed by atoms with Crippen molar-refractivity contribution in [2.45, 2.75) is 73.3 Å². The van der Waals surface area contributed by atoms with Crippen LogP contribution in [0.25, 0.3) is 17.1 Å². The molecule has 2 heterocycles. The van der Waals surface area contributed by atoms with Gasteiger partial charge in [-0.3, -0.25) is 23.9 Å². The van der Waals surface area contributed by atoms with E-state index in [0.29, 0.717) is 35.6 Å². The minimum Gasteiger partial charge on any atom is -0.508 e. The van der Waals surface area contributed by atoms with Crippen LogP contribution in [0.4, 0.5) is 0 Å². The molecule has 0 aliphatic carbocycles. The number of carbonyl (C=O) groups excluding carboxylic acids is 3.